The molecule has 0 radical (unpaired) electrons. The number of rotatable bonds is 5. The van der Waals surface area contributed by atoms with Crippen molar-refractivity contribution in [3.8, 4) is 0 Å². The van der Waals surface area contributed by atoms with Crippen LogP contribution in [0, 0.1) is 16.0 Å². The van der Waals surface area contributed by atoms with Crippen molar-refractivity contribution >= 4 is 22.4 Å². The van der Waals surface area contributed by atoms with E-state index in [-0.39, 0.29) is 11.7 Å². The maximum absolute atomic E-state index is 10.9. The summed E-state index contributed by atoms with van der Waals surface area (Å²) in [6.45, 7) is 6.38. The fraction of sp³-hybridized carbons (Fsp3) is 0.429. The molecular weight excluding hydrogens is 256 g/mol. The van der Waals surface area contributed by atoms with E-state index < -0.39 is 4.92 Å². The number of hydrogen-bond donors (Lipinski definition) is 1. The van der Waals surface area contributed by atoms with Crippen LogP contribution in [0.4, 0.5) is 11.5 Å². The fourth-order valence-electron chi connectivity index (χ4n) is 2.27. The second-order valence-electron chi connectivity index (χ2n) is 5.36. The molecule has 106 valence electrons. The van der Waals surface area contributed by atoms with Gasteiger partial charge in [0.2, 0.25) is 0 Å². The number of nitrogens with zero attached hydrogens (tertiary/aromatic N) is 3. The van der Waals surface area contributed by atoms with Crippen LogP contribution in [0.1, 0.15) is 27.2 Å². The monoisotopic (exact) mass is 274 g/mol. The lowest BCUT2D eigenvalue weighted by atomic mass is 10.1. The average molecular weight is 274 g/mol. The SMILES string of the molecule is CC(C)CC(C)Nc1ncnc2ccc([N+](=O)[O-])cc12. The summed E-state index contributed by atoms with van der Waals surface area (Å²) < 4.78 is 0. The van der Waals surface area contributed by atoms with Crippen LogP contribution in [-0.2, 0) is 0 Å². The first kappa shape index (κ1) is 14.2. The molecule has 1 atom stereocenters. The Bertz CT molecular complexity index is 628. The molecule has 0 aliphatic carbocycles. The molecule has 20 heavy (non-hydrogen) atoms. The molecule has 1 unspecified atom stereocenters. The van der Waals surface area contributed by atoms with Gasteiger partial charge in [0.25, 0.3) is 5.69 Å². The van der Waals surface area contributed by atoms with Crippen molar-refractivity contribution in [1.82, 2.24) is 9.97 Å². The van der Waals surface area contributed by atoms with E-state index in [2.05, 4.69) is 36.1 Å². The van der Waals surface area contributed by atoms with E-state index in [0.717, 1.165) is 6.42 Å². The van der Waals surface area contributed by atoms with Gasteiger partial charge in [0.1, 0.15) is 12.1 Å². The van der Waals surface area contributed by atoms with E-state index in [1.807, 2.05) is 0 Å². The van der Waals surface area contributed by atoms with E-state index in [1.165, 1.54) is 18.5 Å². The second-order valence-corrected chi connectivity index (χ2v) is 5.36. The van der Waals surface area contributed by atoms with Gasteiger partial charge in [-0.1, -0.05) is 13.8 Å². The zero-order valence-electron chi connectivity index (χ0n) is 11.8. The van der Waals surface area contributed by atoms with Crippen LogP contribution in [0.2, 0.25) is 0 Å². The Morgan fingerprint density at radius 2 is 2.05 bits per heavy atom. The summed E-state index contributed by atoms with van der Waals surface area (Å²) in [7, 11) is 0. The highest BCUT2D eigenvalue weighted by Crippen LogP contribution is 2.25. The third-order valence-corrected chi connectivity index (χ3v) is 3.04. The van der Waals surface area contributed by atoms with Crippen LogP contribution in [-0.4, -0.2) is 20.9 Å². The van der Waals surface area contributed by atoms with Crippen LogP contribution in [0.25, 0.3) is 10.9 Å². The molecule has 0 saturated heterocycles. The largest absolute Gasteiger partial charge is 0.367 e. The molecule has 0 bridgehead atoms. The Labute approximate surface area is 117 Å². The van der Waals surface area contributed by atoms with Crippen LogP contribution in [0.3, 0.4) is 0 Å². The molecule has 0 fully saturated rings. The predicted octanol–water partition coefficient (Wildman–Crippen LogP) is 3.38. The van der Waals surface area contributed by atoms with Crippen molar-refractivity contribution in [2.45, 2.75) is 33.2 Å². The van der Waals surface area contributed by atoms with Gasteiger partial charge in [0.05, 0.1) is 10.4 Å². The minimum Gasteiger partial charge on any atom is -0.367 e. The summed E-state index contributed by atoms with van der Waals surface area (Å²) in [6, 6.07) is 4.86. The average Bonchev–Trinajstić information content (AvgIpc) is 2.37. The van der Waals surface area contributed by atoms with Crippen LogP contribution in [0.5, 0.6) is 0 Å². The molecule has 2 rings (SSSR count). The Balaban J connectivity index is 2.37. The lowest BCUT2D eigenvalue weighted by Crippen LogP contribution is -2.18. The summed E-state index contributed by atoms with van der Waals surface area (Å²) >= 11 is 0. The first-order valence-electron chi connectivity index (χ1n) is 6.63. The summed E-state index contributed by atoms with van der Waals surface area (Å²) in [5, 5.41) is 14.9. The quantitative estimate of drug-likeness (QED) is 0.667. The molecule has 6 heteroatoms. The van der Waals surface area contributed by atoms with Crippen LogP contribution in [0.15, 0.2) is 24.5 Å². The molecule has 0 spiro atoms. The van der Waals surface area contributed by atoms with E-state index in [9.17, 15) is 10.1 Å². The molecule has 1 N–H and O–H groups in total. The molecule has 6 nitrogen and oxygen atoms in total. The lowest BCUT2D eigenvalue weighted by molar-refractivity contribution is -0.384. The van der Waals surface area contributed by atoms with E-state index in [0.29, 0.717) is 22.6 Å². The minimum absolute atomic E-state index is 0.0480. The molecule has 0 aliphatic heterocycles. The number of fused-ring (bicyclic) bond motifs is 1. The second kappa shape index (κ2) is 5.81. The van der Waals surface area contributed by atoms with Gasteiger partial charge >= 0.3 is 0 Å². The molecule has 0 amide bonds. The summed E-state index contributed by atoms with van der Waals surface area (Å²) in [5.74, 6) is 1.21. The number of nitro groups is 1. The van der Waals surface area contributed by atoms with Gasteiger partial charge < -0.3 is 5.32 Å². The molecule has 1 heterocycles. The van der Waals surface area contributed by atoms with Gasteiger partial charge in [-0.15, -0.1) is 0 Å². The summed E-state index contributed by atoms with van der Waals surface area (Å²) in [4.78, 5) is 18.8. The maximum atomic E-state index is 10.9. The van der Waals surface area contributed by atoms with Gasteiger partial charge in [-0.2, -0.15) is 0 Å². The highest BCUT2D eigenvalue weighted by Gasteiger charge is 2.12. The Morgan fingerprint density at radius 1 is 1.30 bits per heavy atom. The van der Waals surface area contributed by atoms with Gasteiger partial charge in [0, 0.05) is 23.6 Å². The smallest absolute Gasteiger partial charge is 0.270 e. The predicted molar refractivity (Wildman–Crippen MR) is 78.7 cm³/mol. The zero-order chi connectivity index (χ0) is 14.7. The van der Waals surface area contributed by atoms with Crippen molar-refractivity contribution in [2.75, 3.05) is 5.32 Å². The summed E-state index contributed by atoms with van der Waals surface area (Å²) in [6.07, 6.45) is 2.47. The molecule has 1 aromatic heterocycles. The third-order valence-electron chi connectivity index (χ3n) is 3.04. The molecule has 0 saturated carbocycles. The number of non-ortho nitro benzene ring substituents is 1. The van der Waals surface area contributed by atoms with Crippen molar-refractivity contribution in [3.05, 3.63) is 34.6 Å². The number of anilines is 1. The van der Waals surface area contributed by atoms with Crippen molar-refractivity contribution in [2.24, 2.45) is 5.92 Å². The molecule has 2 aromatic rings. The molecular formula is C14H18N4O2. The minimum atomic E-state index is -0.409. The van der Waals surface area contributed by atoms with Crippen LogP contribution < -0.4 is 5.32 Å². The van der Waals surface area contributed by atoms with E-state index in [1.54, 1.807) is 6.07 Å². The van der Waals surface area contributed by atoms with Crippen molar-refractivity contribution in [3.63, 3.8) is 0 Å². The van der Waals surface area contributed by atoms with E-state index >= 15 is 0 Å². The van der Waals surface area contributed by atoms with Crippen molar-refractivity contribution < 1.29 is 4.92 Å². The number of hydrogen-bond acceptors (Lipinski definition) is 5. The van der Waals surface area contributed by atoms with Crippen molar-refractivity contribution in [1.29, 1.82) is 0 Å². The lowest BCUT2D eigenvalue weighted by Gasteiger charge is -2.17. The number of nitro benzene ring substituents is 1. The Morgan fingerprint density at radius 3 is 2.70 bits per heavy atom. The highest BCUT2D eigenvalue weighted by molar-refractivity contribution is 5.90. The normalized spacial score (nSPS) is 12.6. The standard InChI is InChI=1S/C14H18N4O2/c1-9(2)6-10(3)17-14-12-7-11(18(19)20)4-5-13(12)15-8-16-14/h4-5,7-10H,6H2,1-3H3,(H,15,16,17). The van der Waals surface area contributed by atoms with Gasteiger partial charge in [-0.25, -0.2) is 9.97 Å². The highest BCUT2D eigenvalue weighted by atomic mass is 16.6. The Hall–Kier alpha value is -2.24. The fourth-order valence-corrected chi connectivity index (χ4v) is 2.27. The molecule has 0 aliphatic rings. The van der Waals surface area contributed by atoms with Gasteiger partial charge in [-0.05, 0) is 25.3 Å². The van der Waals surface area contributed by atoms with Gasteiger partial charge in [-0.3, -0.25) is 10.1 Å². The number of nitrogens with one attached hydrogen (secondary N) is 1. The third kappa shape index (κ3) is 3.20. The summed E-state index contributed by atoms with van der Waals surface area (Å²) in [5.41, 5.74) is 0.747. The van der Waals surface area contributed by atoms with Gasteiger partial charge in [0.15, 0.2) is 0 Å². The first-order chi connectivity index (χ1) is 9.47. The number of benzene rings is 1. The number of aromatic nitrogens is 2. The zero-order valence-corrected chi connectivity index (χ0v) is 11.8. The van der Waals surface area contributed by atoms with Crippen LogP contribution >= 0.6 is 0 Å². The topological polar surface area (TPSA) is 81.0 Å². The first-order valence-corrected chi connectivity index (χ1v) is 6.63. The Kier molecular flexibility index (Phi) is 4.12. The maximum Gasteiger partial charge on any atom is 0.270 e. The van der Waals surface area contributed by atoms with E-state index in [4.69, 9.17) is 0 Å². The molecule has 1 aromatic carbocycles.